The molecule has 0 aromatic heterocycles. The SMILES string of the molecule is O=C(O)c1ccc(O)c(S(=O)O)c1. The highest BCUT2D eigenvalue weighted by Crippen LogP contribution is 2.21. The van der Waals surface area contributed by atoms with Gasteiger partial charge in [0.2, 0.25) is 0 Å². The van der Waals surface area contributed by atoms with Crippen molar-refractivity contribution in [2.45, 2.75) is 4.90 Å². The lowest BCUT2D eigenvalue weighted by Crippen LogP contribution is -1.98. The molecule has 0 heterocycles. The summed E-state index contributed by atoms with van der Waals surface area (Å²) in [7, 11) is 0. The highest BCUT2D eigenvalue weighted by Gasteiger charge is 2.11. The third kappa shape index (κ3) is 2.04. The summed E-state index contributed by atoms with van der Waals surface area (Å²) in [5.74, 6) is -1.61. The van der Waals surface area contributed by atoms with Crippen LogP contribution >= 0.6 is 0 Å². The van der Waals surface area contributed by atoms with Gasteiger partial charge in [0, 0.05) is 0 Å². The number of aromatic hydroxyl groups is 1. The monoisotopic (exact) mass is 202 g/mol. The van der Waals surface area contributed by atoms with E-state index in [1.807, 2.05) is 0 Å². The van der Waals surface area contributed by atoms with Crippen molar-refractivity contribution in [1.29, 1.82) is 0 Å². The van der Waals surface area contributed by atoms with Gasteiger partial charge < -0.3 is 14.8 Å². The average Bonchev–Trinajstić information content (AvgIpc) is 2.04. The van der Waals surface area contributed by atoms with Crippen molar-refractivity contribution in [2.75, 3.05) is 0 Å². The quantitative estimate of drug-likeness (QED) is 0.612. The van der Waals surface area contributed by atoms with Crippen molar-refractivity contribution in [3.63, 3.8) is 0 Å². The van der Waals surface area contributed by atoms with Crippen molar-refractivity contribution in [3.8, 4) is 5.75 Å². The fourth-order valence-electron chi connectivity index (χ4n) is 0.787. The predicted octanol–water partition coefficient (Wildman–Crippen LogP) is 0.671. The fraction of sp³-hybridized carbons (Fsp3) is 0. The first-order valence-electron chi connectivity index (χ1n) is 3.19. The van der Waals surface area contributed by atoms with Crippen molar-refractivity contribution < 1.29 is 23.8 Å². The second-order valence-corrected chi connectivity index (χ2v) is 3.17. The van der Waals surface area contributed by atoms with Crippen molar-refractivity contribution in [2.24, 2.45) is 0 Å². The van der Waals surface area contributed by atoms with Crippen LogP contribution in [0.25, 0.3) is 0 Å². The summed E-state index contributed by atoms with van der Waals surface area (Å²) in [6.07, 6.45) is 0. The lowest BCUT2D eigenvalue weighted by molar-refractivity contribution is 0.0696. The van der Waals surface area contributed by atoms with Gasteiger partial charge in [0.05, 0.1) is 5.56 Å². The molecule has 6 heteroatoms. The third-order valence-corrected chi connectivity index (χ3v) is 2.10. The number of phenolic OH excluding ortho intramolecular Hbond substituents is 1. The van der Waals surface area contributed by atoms with E-state index in [0.717, 1.165) is 18.2 Å². The number of rotatable bonds is 2. The molecule has 5 nitrogen and oxygen atoms in total. The first-order valence-corrected chi connectivity index (χ1v) is 4.30. The predicted molar refractivity (Wildman–Crippen MR) is 44.1 cm³/mol. The third-order valence-electron chi connectivity index (χ3n) is 1.39. The number of hydrogen-bond acceptors (Lipinski definition) is 3. The van der Waals surface area contributed by atoms with Gasteiger partial charge in [0.25, 0.3) is 0 Å². The number of phenols is 1. The lowest BCUT2D eigenvalue weighted by Gasteiger charge is -2.00. The van der Waals surface area contributed by atoms with Crippen LogP contribution in [0, 0.1) is 0 Å². The van der Waals surface area contributed by atoms with E-state index in [-0.39, 0.29) is 10.5 Å². The molecule has 0 aliphatic carbocycles. The summed E-state index contributed by atoms with van der Waals surface area (Å²) >= 11 is -2.38. The second kappa shape index (κ2) is 3.55. The van der Waals surface area contributed by atoms with E-state index in [1.165, 1.54) is 0 Å². The van der Waals surface area contributed by atoms with Crippen LogP contribution in [0.2, 0.25) is 0 Å². The van der Waals surface area contributed by atoms with Gasteiger partial charge in [0.1, 0.15) is 10.6 Å². The first-order chi connectivity index (χ1) is 6.02. The minimum Gasteiger partial charge on any atom is -0.507 e. The van der Waals surface area contributed by atoms with Crippen LogP contribution in [0.15, 0.2) is 23.1 Å². The molecule has 0 aliphatic heterocycles. The minimum atomic E-state index is -2.38. The summed E-state index contributed by atoms with van der Waals surface area (Å²) in [6.45, 7) is 0. The maximum atomic E-state index is 10.6. The number of carboxylic acids is 1. The van der Waals surface area contributed by atoms with Gasteiger partial charge in [-0.05, 0) is 18.2 Å². The van der Waals surface area contributed by atoms with Gasteiger partial charge in [-0.2, -0.15) is 0 Å². The van der Waals surface area contributed by atoms with E-state index < -0.39 is 22.8 Å². The molecule has 1 aromatic carbocycles. The highest BCUT2D eigenvalue weighted by molar-refractivity contribution is 7.79. The molecule has 0 saturated heterocycles. The Balaban J connectivity index is 3.27. The Morgan fingerprint density at radius 1 is 1.38 bits per heavy atom. The zero-order valence-corrected chi connectivity index (χ0v) is 7.11. The highest BCUT2D eigenvalue weighted by atomic mass is 32.2. The van der Waals surface area contributed by atoms with Crippen LogP contribution in [0.3, 0.4) is 0 Å². The van der Waals surface area contributed by atoms with Crippen LogP contribution < -0.4 is 0 Å². The molecule has 0 bridgehead atoms. The Hall–Kier alpha value is -1.40. The number of aromatic carboxylic acids is 1. The maximum absolute atomic E-state index is 10.6. The molecule has 0 aliphatic rings. The Kier molecular flexibility index (Phi) is 2.64. The standard InChI is InChI=1S/C7H6O5S/c8-5-2-1-4(7(9)10)3-6(5)13(11)12/h1-3,8H,(H,9,10)(H,11,12). The van der Waals surface area contributed by atoms with E-state index >= 15 is 0 Å². The first kappa shape index (κ1) is 9.69. The second-order valence-electron chi connectivity index (χ2n) is 2.24. The van der Waals surface area contributed by atoms with E-state index in [1.54, 1.807) is 0 Å². The Morgan fingerprint density at radius 3 is 2.46 bits per heavy atom. The maximum Gasteiger partial charge on any atom is 0.335 e. The molecular weight excluding hydrogens is 196 g/mol. The Labute approximate surface area is 75.9 Å². The molecule has 1 unspecified atom stereocenters. The van der Waals surface area contributed by atoms with Gasteiger partial charge in [-0.25, -0.2) is 9.00 Å². The summed E-state index contributed by atoms with van der Waals surface area (Å²) in [5, 5.41) is 17.6. The lowest BCUT2D eigenvalue weighted by atomic mass is 10.2. The van der Waals surface area contributed by atoms with E-state index in [4.69, 9.17) is 14.8 Å². The summed E-state index contributed by atoms with van der Waals surface area (Å²) in [6, 6.07) is 3.16. The van der Waals surface area contributed by atoms with Gasteiger partial charge in [-0.3, -0.25) is 0 Å². The number of carbonyl (C=O) groups is 1. The zero-order valence-electron chi connectivity index (χ0n) is 6.30. The number of carboxylic acid groups (broad SMARTS) is 1. The molecule has 1 aromatic rings. The van der Waals surface area contributed by atoms with Crippen molar-refractivity contribution in [1.82, 2.24) is 0 Å². The summed E-state index contributed by atoms with van der Waals surface area (Å²) in [5.41, 5.74) is -0.143. The minimum absolute atomic E-state index is 0.143. The van der Waals surface area contributed by atoms with Crippen LogP contribution in [-0.4, -0.2) is 24.9 Å². The normalized spacial score (nSPS) is 12.4. The van der Waals surface area contributed by atoms with Crippen molar-refractivity contribution in [3.05, 3.63) is 23.8 Å². The molecule has 0 amide bonds. The average molecular weight is 202 g/mol. The van der Waals surface area contributed by atoms with E-state index in [2.05, 4.69) is 0 Å². The molecule has 1 rings (SSSR count). The number of benzene rings is 1. The Bertz CT molecular complexity index is 373. The van der Waals surface area contributed by atoms with Crippen LogP contribution in [-0.2, 0) is 11.1 Å². The van der Waals surface area contributed by atoms with Gasteiger partial charge in [-0.1, -0.05) is 0 Å². The molecule has 0 spiro atoms. The molecule has 0 saturated carbocycles. The molecule has 0 radical (unpaired) electrons. The van der Waals surface area contributed by atoms with Crippen LogP contribution in [0.4, 0.5) is 0 Å². The van der Waals surface area contributed by atoms with Crippen LogP contribution in [0.5, 0.6) is 5.75 Å². The Morgan fingerprint density at radius 2 is 2.00 bits per heavy atom. The molecule has 0 fully saturated rings. The van der Waals surface area contributed by atoms with Gasteiger partial charge in [0.15, 0.2) is 11.1 Å². The largest absolute Gasteiger partial charge is 0.507 e. The van der Waals surface area contributed by atoms with E-state index in [9.17, 15) is 9.00 Å². The fourth-order valence-corrected chi connectivity index (χ4v) is 1.26. The topological polar surface area (TPSA) is 94.8 Å². The molecule has 70 valence electrons. The molecule has 13 heavy (non-hydrogen) atoms. The molecule has 3 N–H and O–H groups in total. The molecular formula is C7H6O5S. The van der Waals surface area contributed by atoms with Crippen molar-refractivity contribution >= 4 is 17.0 Å². The van der Waals surface area contributed by atoms with Gasteiger partial charge in [-0.15, -0.1) is 0 Å². The van der Waals surface area contributed by atoms with Crippen LogP contribution in [0.1, 0.15) is 10.4 Å². The smallest absolute Gasteiger partial charge is 0.335 e. The van der Waals surface area contributed by atoms with Gasteiger partial charge >= 0.3 is 5.97 Å². The number of hydrogen-bond donors (Lipinski definition) is 3. The summed E-state index contributed by atoms with van der Waals surface area (Å²) < 4.78 is 19.2. The molecule has 1 atom stereocenters. The summed E-state index contributed by atoms with van der Waals surface area (Å²) in [4.78, 5) is 10.1. The zero-order chi connectivity index (χ0) is 10.0. The van der Waals surface area contributed by atoms with E-state index in [0.29, 0.717) is 0 Å².